The first-order valence-electron chi connectivity index (χ1n) is 8.84. The fourth-order valence-electron chi connectivity index (χ4n) is 2.38. The Kier molecular flexibility index (Phi) is 9.33. The van der Waals surface area contributed by atoms with Crippen LogP contribution in [0.1, 0.15) is 19.4 Å². The van der Waals surface area contributed by atoms with Gasteiger partial charge in [-0.25, -0.2) is 4.99 Å². The summed E-state index contributed by atoms with van der Waals surface area (Å²) in [4.78, 5) is 17.5. The third kappa shape index (κ3) is 7.21. The molecule has 0 radical (unpaired) electrons. The first kappa shape index (κ1) is 21.6. The van der Waals surface area contributed by atoms with E-state index >= 15 is 0 Å². The molecule has 1 rings (SSSR count). The Labute approximate surface area is 156 Å². The summed E-state index contributed by atoms with van der Waals surface area (Å²) in [6.45, 7) is 5.78. The number of guanidine groups is 1. The highest BCUT2D eigenvalue weighted by molar-refractivity contribution is 5.84. The smallest absolute Gasteiger partial charge is 0.243 e. The van der Waals surface area contributed by atoms with Crippen molar-refractivity contribution in [1.29, 1.82) is 0 Å². The van der Waals surface area contributed by atoms with Crippen molar-refractivity contribution in [2.75, 3.05) is 47.9 Å². The Morgan fingerprint density at radius 2 is 1.88 bits per heavy atom. The van der Waals surface area contributed by atoms with Crippen molar-refractivity contribution in [3.8, 4) is 11.5 Å². The first-order chi connectivity index (χ1) is 12.4. The number of amides is 1. The van der Waals surface area contributed by atoms with Crippen molar-refractivity contribution in [2.45, 2.75) is 20.3 Å². The van der Waals surface area contributed by atoms with Crippen LogP contribution in [0.25, 0.3) is 0 Å². The zero-order valence-electron chi connectivity index (χ0n) is 16.8. The van der Waals surface area contributed by atoms with Crippen LogP contribution in [0.2, 0.25) is 0 Å². The molecule has 7 heteroatoms. The van der Waals surface area contributed by atoms with Gasteiger partial charge in [0, 0.05) is 27.2 Å². The normalized spacial score (nSPS) is 12.3. The van der Waals surface area contributed by atoms with Gasteiger partial charge in [0.25, 0.3) is 0 Å². The van der Waals surface area contributed by atoms with Gasteiger partial charge in [-0.1, -0.05) is 13.0 Å². The number of ether oxygens (including phenoxy) is 2. The van der Waals surface area contributed by atoms with Crippen LogP contribution < -0.4 is 20.1 Å². The summed E-state index contributed by atoms with van der Waals surface area (Å²) in [5, 5.41) is 6.46. The summed E-state index contributed by atoms with van der Waals surface area (Å²) in [7, 11) is 6.72. The van der Waals surface area contributed by atoms with Crippen molar-refractivity contribution >= 4 is 11.9 Å². The van der Waals surface area contributed by atoms with E-state index in [-0.39, 0.29) is 12.5 Å². The number of hydrogen-bond donors (Lipinski definition) is 2. The topological polar surface area (TPSA) is 75.2 Å². The SMILES string of the molecule is CCNC(=NCC(=O)N(C)C)NCC(C)Cc1ccc(OC)c(OC)c1. The van der Waals surface area contributed by atoms with E-state index in [0.717, 1.165) is 31.0 Å². The van der Waals surface area contributed by atoms with Crippen LogP contribution in [0.3, 0.4) is 0 Å². The Bertz CT molecular complexity index is 602. The number of rotatable bonds is 9. The predicted molar refractivity (Wildman–Crippen MR) is 105 cm³/mol. The third-order valence-electron chi connectivity index (χ3n) is 3.87. The number of methoxy groups -OCH3 is 2. The molecule has 1 atom stereocenters. The summed E-state index contributed by atoms with van der Waals surface area (Å²) in [5.41, 5.74) is 1.18. The predicted octanol–water partition coefficient (Wildman–Crippen LogP) is 1.53. The second kappa shape index (κ2) is 11.2. The fraction of sp³-hybridized carbons (Fsp3) is 0.579. The molecule has 0 aliphatic heterocycles. The van der Waals surface area contributed by atoms with Crippen LogP contribution in [-0.4, -0.2) is 64.7 Å². The van der Waals surface area contributed by atoms with E-state index in [4.69, 9.17) is 9.47 Å². The quantitative estimate of drug-likeness (QED) is 0.513. The molecule has 0 spiro atoms. The van der Waals surface area contributed by atoms with Gasteiger partial charge < -0.3 is 25.0 Å². The number of hydrogen-bond acceptors (Lipinski definition) is 4. The Morgan fingerprint density at radius 3 is 2.46 bits per heavy atom. The van der Waals surface area contributed by atoms with Crippen LogP contribution in [0.15, 0.2) is 23.2 Å². The van der Waals surface area contributed by atoms with E-state index in [2.05, 4.69) is 22.5 Å². The molecule has 1 unspecified atom stereocenters. The van der Waals surface area contributed by atoms with E-state index in [1.807, 2.05) is 25.1 Å². The maximum Gasteiger partial charge on any atom is 0.243 e. The Hall–Kier alpha value is -2.44. The lowest BCUT2D eigenvalue weighted by molar-refractivity contribution is -0.127. The first-order valence-corrected chi connectivity index (χ1v) is 8.84. The second-order valence-electron chi connectivity index (χ2n) is 6.36. The lowest BCUT2D eigenvalue weighted by atomic mass is 10.0. The number of nitrogens with one attached hydrogen (secondary N) is 2. The zero-order chi connectivity index (χ0) is 19.5. The molecule has 0 aliphatic rings. The van der Waals surface area contributed by atoms with Crippen molar-refractivity contribution < 1.29 is 14.3 Å². The molecular weight excluding hydrogens is 332 g/mol. The maximum absolute atomic E-state index is 11.7. The van der Waals surface area contributed by atoms with Crippen LogP contribution in [0.5, 0.6) is 11.5 Å². The molecule has 2 N–H and O–H groups in total. The molecule has 0 bridgehead atoms. The van der Waals surface area contributed by atoms with Gasteiger partial charge in [-0.05, 0) is 37.0 Å². The summed E-state index contributed by atoms with van der Waals surface area (Å²) in [6, 6.07) is 5.98. The van der Waals surface area contributed by atoms with Gasteiger partial charge in [-0.3, -0.25) is 4.79 Å². The summed E-state index contributed by atoms with van der Waals surface area (Å²) in [6.07, 6.45) is 0.892. The maximum atomic E-state index is 11.7. The minimum atomic E-state index is -0.0272. The van der Waals surface area contributed by atoms with E-state index in [1.165, 1.54) is 10.5 Å². The monoisotopic (exact) mass is 364 g/mol. The van der Waals surface area contributed by atoms with Crippen molar-refractivity contribution in [2.24, 2.45) is 10.9 Å². The highest BCUT2D eigenvalue weighted by Gasteiger charge is 2.10. The molecule has 1 aromatic rings. The highest BCUT2D eigenvalue weighted by atomic mass is 16.5. The molecule has 0 aliphatic carbocycles. The molecule has 26 heavy (non-hydrogen) atoms. The van der Waals surface area contributed by atoms with Gasteiger partial charge >= 0.3 is 0 Å². The number of nitrogens with zero attached hydrogens (tertiary/aromatic N) is 2. The molecular formula is C19H32N4O3. The van der Waals surface area contributed by atoms with E-state index in [9.17, 15) is 4.79 Å². The lowest BCUT2D eigenvalue weighted by Crippen LogP contribution is -2.40. The average molecular weight is 364 g/mol. The van der Waals surface area contributed by atoms with Crippen LogP contribution in [0.4, 0.5) is 0 Å². The summed E-state index contributed by atoms with van der Waals surface area (Å²) >= 11 is 0. The minimum Gasteiger partial charge on any atom is -0.493 e. The molecule has 1 amide bonds. The van der Waals surface area contributed by atoms with Crippen LogP contribution >= 0.6 is 0 Å². The molecule has 7 nitrogen and oxygen atoms in total. The van der Waals surface area contributed by atoms with Crippen LogP contribution in [0, 0.1) is 5.92 Å². The van der Waals surface area contributed by atoms with Gasteiger partial charge in [0.15, 0.2) is 17.5 Å². The van der Waals surface area contributed by atoms with E-state index < -0.39 is 0 Å². The average Bonchev–Trinajstić information content (AvgIpc) is 2.63. The van der Waals surface area contributed by atoms with E-state index in [0.29, 0.717) is 11.9 Å². The molecule has 0 heterocycles. The minimum absolute atomic E-state index is 0.0272. The Morgan fingerprint density at radius 1 is 1.19 bits per heavy atom. The lowest BCUT2D eigenvalue weighted by Gasteiger charge is -2.17. The van der Waals surface area contributed by atoms with Crippen molar-refractivity contribution in [1.82, 2.24) is 15.5 Å². The van der Waals surface area contributed by atoms with Crippen molar-refractivity contribution in [3.63, 3.8) is 0 Å². The number of aliphatic imine (C=N–C) groups is 1. The summed E-state index contributed by atoms with van der Waals surface area (Å²) < 4.78 is 10.6. The Balaban J connectivity index is 2.61. The van der Waals surface area contributed by atoms with E-state index in [1.54, 1.807) is 28.3 Å². The number of benzene rings is 1. The van der Waals surface area contributed by atoms with Gasteiger partial charge in [0.1, 0.15) is 6.54 Å². The third-order valence-corrected chi connectivity index (χ3v) is 3.87. The van der Waals surface area contributed by atoms with Gasteiger partial charge in [-0.2, -0.15) is 0 Å². The number of carbonyl (C=O) groups is 1. The molecule has 1 aromatic carbocycles. The molecule has 0 fully saturated rings. The fourth-order valence-corrected chi connectivity index (χ4v) is 2.38. The number of carbonyl (C=O) groups excluding carboxylic acids is 1. The largest absolute Gasteiger partial charge is 0.493 e. The zero-order valence-corrected chi connectivity index (χ0v) is 16.8. The standard InChI is InChI=1S/C19H32N4O3/c1-7-20-19(22-13-18(24)23(3)4)21-12-14(2)10-15-8-9-16(25-5)17(11-15)26-6/h8-9,11,14H,7,10,12-13H2,1-6H3,(H2,20,21,22). The molecule has 0 saturated heterocycles. The van der Waals surface area contributed by atoms with Gasteiger partial charge in [0.05, 0.1) is 14.2 Å². The second-order valence-corrected chi connectivity index (χ2v) is 6.36. The molecule has 146 valence electrons. The molecule has 0 saturated carbocycles. The van der Waals surface area contributed by atoms with Crippen molar-refractivity contribution in [3.05, 3.63) is 23.8 Å². The summed E-state index contributed by atoms with van der Waals surface area (Å²) in [5.74, 6) is 2.47. The molecule has 0 aromatic heterocycles. The highest BCUT2D eigenvalue weighted by Crippen LogP contribution is 2.28. The van der Waals surface area contributed by atoms with Crippen LogP contribution in [-0.2, 0) is 11.2 Å². The van der Waals surface area contributed by atoms with Gasteiger partial charge in [0.2, 0.25) is 5.91 Å². The number of likely N-dealkylation sites (N-methyl/N-ethyl adjacent to an activating group) is 1. The van der Waals surface area contributed by atoms with Gasteiger partial charge in [-0.15, -0.1) is 0 Å².